The predicted octanol–water partition coefficient (Wildman–Crippen LogP) is 9.08. The zero-order valence-electron chi connectivity index (χ0n) is 17.3. The summed E-state index contributed by atoms with van der Waals surface area (Å²) >= 11 is 0. The minimum absolute atomic E-state index is 0. The summed E-state index contributed by atoms with van der Waals surface area (Å²) in [6.07, 6.45) is 4.04. The quantitative estimate of drug-likeness (QED) is 0.306. The SMILES string of the molecule is C.C.C=CC1=C(C=C)C2(c3ccc(-c4ccccc4)cc31)c1ccccc1-c1ccccc12. The van der Waals surface area contributed by atoms with Gasteiger partial charge >= 0.3 is 0 Å². The highest BCUT2D eigenvalue weighted by Gasteiger charge is 2.51. The number of fused-ring (bicyclic) bond motifs is 7. The van der Waals surface area contributed by atoms with Crippen molar-refractivity contribution in [2.75, 3.05) is 0 Å². The number of rotatable bonds is 3. The predicted molar refractivity (Wildman–Crippen MR) is 144 cm³/mol. The van der Waals surface area contributed by atoms with Crippen LogP contribution in [0.25, 0.3) is 27.8 Å². The van der Waals surface area contributed by atoms with Crippen LogP contribution in [0.2, 0.25) is 0 Å². The minimum atomic E-state index is -0.344. The van der Waals surface area contributed by atoms with Gasteiger partial charge in [0, 0.05) is 0 Å². The van der Waals surface area contributed by atoms with Gasteiger partial charge < -0.3 is 0 Å². The van der Waals surface area contributed by atoms with Gasteiger partial charge in [-0.05, 0) is 61.7 Å². The third-order valence-electron chi connectivity index (χ3n) is 6.88. The van der Waals surface area contributed by atoms with Gasteiger partial charge in [0.15, 0.2) is 0 Å². The second-order valence-corrected chi connectivity index (χ2v) is 8.20. The van der Waals surface area contributed by atoms with E-state index < -0.39 is 0 Å². The average Bonchev–Trinajstić information content (AvgIpc) is 3.30. The van der Waals surface area contributed by atoms with Crippen molar-refractivity contribution in [3.8, 4) is 22.3 Å². The normalized spacial score (nSPS) is 13.9. The molecule has 0 heteroatoms. The van der Waals surface area contributed by atoms with Crippen LogP contribution in [0.4, 0.5) is 0 Å². The van der Waals surface area contributed by atoms with Crippen molar-refractivity contribution in [3.05, 3.63) is 150 Å². The van der Waals surface area contributed by atoms with Gasteiger partial charge in [-0.15, -0.1) is 0 Å². The van der Waals surface area contributed by atoms with E-state index in [1.54, 1.807) is 0 Å². The first kappa shape index (κ1) is 22.3. The van der Waals surface area contributed by atoms with Crippen LogP contribution in [0.5, 0.6) is 0 Å². The Morgan fingerprint density at radius 2 is 1.06 bits per heavy atom. The molecule has 0 saturated heterocycles. The van der Waals surface area contributed by atoms with E-state index in [4.69, 9.17) is 0 Å². The molecule has 4 aromatic carbocycles. The van der Waals surface area contributed by atoms with Gasteiger partial charge in [0.1, 0.15) is 0 Å². The van der Waals surface area contributed by atoms with E-state index in [0.717, 1.165) is 0 Å². The Morgan fingerprint density at radius 3 is 1.64 bits per heavy atom. The molecular weight excluding hydrogens is 396 g/mol. The first-order chi connectivity index (χ1) is 15.3. The molecule has 0 fully saturated rings. The van der Waals surface area contributed by atoms with E-state index in [1.807, 2.05) is 12.2 Å². The Kier molecular flexibility index (Phi) is 5.56. The van der Waals surface area contributed by atoms with Crippen molar-refractivity contribution < 1.29 is 0 Å². The van der Waals surface area contributed by atoms with E-state index in [-0.39, 0.29) is 20.3 Å². The molecule has 0 unspecified atom stereocenters. The van der Waals surface area contributed by atoms with E-state index in [2.05, 4.69) is 110 Å². The van der Waals surface area contributed by atoms with Gasteiger partial charge in [-0.2, -0.15) is 0 Å². The van der Waals surface area contributed by atoms with Gasteiger partial charge in [0.05, 0.1) is 5.41 Å². The first-order valence-corrected chi connectivity index (χ1v) is 10.7. The third-order valence-corrected chi connectivity index (χ3v) is 6.88. The second kappa shape index (κ2) is 8.22. The Morgan fingerprint density at radius 1 is 0.515 bits per heavy atom. The van der Waals surface area contributed by atoms with Crippen LogP contribution in [-0.2, 0) is 5.41 Å². The fourth-order valence-electron chi connectivity index (χ4n) is 5.69. The molecule has 0 aliphatic heterocycles. The molecule has 0 heterocycles. The van der Waals surface area contributed by atoms with Crippen molar-refractivity contribution in [2.45, 2.75) is 20.3 Å². The Bertz CT molecular complexity index is 1350. The molecule has 6 rings (SSSR count). The fraction of sp³-hybridized carbons (Fsp3) is 0.0909. The van der Waals surface area contributed by atoms with Gasteiger partial charge in [-0.1, -0.05) is 131 Å². The van der Waals surface area contributed by atoms with Crippen LogP contribution in [0.1, 0.15) is 37.1 Å². The van der Waals surface area contributed by atoms with E-state index in [0.29, 0.717) is 0 Å². The molecular formula is C33H30. The van der Waals surface area contributed by atoms with Crippen LogP contribution < -0.4 is 0 Å². The van der Waals surface area contributed by atoms with Crippen molar-refractivity contribution in [1.29, 1.82) is 0 Å². The lowest BCUT2D eigenvalue weighted by molar-refractivity contribution is 0.787. The molecule has 0 N–H and O–H groups in total. The number of benzene rings is 4. The second-order valence-electron chi connectivity index (χ2n) is 8.20. The molecule has 2 aliphatic carbocycles. The maximum atomic E-state index is 4.26. The van der Waals surface area contributed by atoms with Crippen LogP contribution in [0.15, 0.2) is 128 Å². The van der Waals surface area contributed by atoms with Crippen molar-refractivity contribution in [1.82, 2.24) is 0 Å². The van der Waals surface area contributed by atoms with Crippen LogP contribution >= 0.6 is 0 Å². The molecule has 0 bridgehead atoms. The van der Waals surface area contributed by atoms with Crippen molar-refractivity contribution in [2.24, 2.45) is 0 Å². The lowest BCUT2D eigenvalue weighted by atomic mass is 9.69. The minimum Gasteiger partial charge on any atom is -0.0987 e. The van der Waals surface area contributed by atoms with E-state index in [1.165, 1.54) is 55.7 Å². The van der Waals surface area contributed by atoms with Crippen LogP contribution in [0, 0.1) is 0 Å². The Hall–Kier alpha value is -3.90. The average molecular weight is 427 g/mol. The molecule has 0 atom stereocenters. The molecule has 0 amide bonds. The molecule has 0 radical (unpaired) electrons. The monoisotopic (exact) mass is 426 g/mol. The summed E-state index contributed by atoms with van der Waals surface area (Å²) in [5, 5.41) is 0. The topological polar surface area (TPSA) is 0 Å². The lowest BCUT2D eigenvalue weighted by Gasteiger charge is -2.31. The van der Waals surface area contributed by atoms with Crippen molar-refractivity contribution in [3.63, 3.8) is 0 Å². The molecule has 4 aromatic rings. The number of hydrogen-bond donors (Lipinski definition) is 0. The highest BCUT2D eigenvalue weighted by atomic mass is 14.5. The summed E-state index contributed by atoms with van der Waals surface area (Å²) in [5.74, 6) is 0. The van der Waals surface area contributed by atoms with Gasteiger partial charge in [0.2, 0.25) is 0 Å². The standard InChI is InChI=1S/C31H22.2CH4/c1-3-23-26-20-22(21-12-6-5-7-13-21)18-19-30(26)31(27(23)4-2)28-16-10-8-14-24(28)25-15-9-11-17-29(25)31;;/h3-20H,1-2H2;2*1H4. The van der Waals surface area contributed by atoms with Crippen LogP contribution in [-0.4, -0.2) is 0 Å². The maximum absolute atomic E-state index is 4.26. The molecule has 0 aromatic heterocycles. The van der Waals surface area contributed by atoms with Gasteiger partial charge in [-0.25, -0.2) is 0 Å². The summed E-state index contributed by atoms with van der Waals surface area (Å²) < 4.78 is 0. The summed E-state index contributed by atoms with van der Waals surface area (Å²) in [6.45, 7) is 8.47. The lowest BCUT2D eigenvalue weighted by Crippen LogP contribution is -2.26. The largest absolute Gasteiger partial charge is 0.0987 e. The third kappa shape index (κ3) is 2.77. The summed E-state index contributed by atoms with van der Waals surface area (Å²) in [7, 11) is 0. The molecule has 33 heavy (non-hydrogen) atoms. The number of allylic oxidation sites excluding steroid dienone is 4. The molecule has 162 valence electrons. The van der Waals surface area contributed by atoms with E-state index >= 15 is 0 Å². The fourth-order valence-corrected chi connectivity index (χ4v) is 5.69. The van der Waals surface area contributed by atoms with Gasteiger partial charge in [-0.3, -0.25) is 0 Å². The van der Waals surface area contributed by atoms with Gasteiger partial charge in [0.25, 0.3) is 0 Å². The zero-order valence-corrected chi connectivity index (χ0v) is 17.3. The molecule has 0 nitrogen and oxygen atoms in total. The van der Waals surface area contributed by atoms with Crippen LogP contribution in [0.3, 0.4) is 0 Å². The summed E-state index contributed by atoms with van der Waals surface area (Å²) in [5.41, 5.74) is 12.3. The van der Waals surface area contributed by atoms with E-state index in [9.17, 15) is 0 Å². The molecule has 1 spiro atoms. The molecule has 2 aliphatic rings. The zero-order chi connectivity index (χ0) is 21.0. The first-order valence-electron chi connectivity index (χ1n) is 10.7. The highest BCUT2D eigenvalue weighted by Crippen LogP contribution is 2.62. The number of hydrogen-bond acceptors (Lipinski definition) is 0. The Balaban J connectivity index is 0.00000130. The summed E-state index contributed by atoms with van der Waals surface area (Å²) in [4.78, 5) is 0. The smallest absolute Gasteiger partial charge is 0.0725 e. The molecule has 0 saturated carbocycles. The summed E-state index contributed by atoms with van der Waals surface area (Å²) in [6, 6.07) is 35.1. The van der Waals surface area contributed by atoms with Crippen molar-refractivity contribution >= 4 is 5.57 Å². The maximum Gasteiger partial charge on any atom is 0.0725 e. The Labute approximate surface area is 198 Å². The highest BCUT2D eigenvalue weighted by molar-refractivity contribution is 5.98.